The van der Waals surface area contributed by atoms with Gasteiger partial charge in [0.1, 0.15) is 0 Å². The number of nitrogens with zero attached hydrogens (tertiary/aromatic N) is 1. The van der Waals surface area contributed by atoms with E-state index >= 15 is 0 Å². The highest BCUT2D eigenvalue weighted by Crippen LogP contribution is 2.23. The van der Waals surface area contributed by atoms with Gasteiger partial charge in [0.15, 0.2) is 0 Å². The highest BCUT2D eigenvalue weighted by atomic mass is 32.1. The summed E-state index contributed by atoms with van der Waals surface area (Å²) in [5.74, 6) is 0.552. The molecule has 0 aliphatic carbocycles. The molecule has 1 saturated heterocycles. The number of hydrogen-bond donors (Lipinski definition) is 1. The van der Waals surface area contributed by atoms with Crippen LogP contribution in [0.2, 0.25) is 0 Å². The number of carbonyl (C=O) groups excluding carboxylic acids is 1. The maximum Gasteiger partial charge on any atom is 0.235 e. The molecule has 2 nitrogen and oxygen atoms in total. The summed E-state index contributed by atoms with van der Waals surface area (Å²) in [5, 5.41) is -0.123. The van der Waals surface area contributed by atoms with Crippen molar-refractivity contribution in [2.75, 3.05) is 6.54 Å². The summed E-state index contributed by atoms with van der Waals surface area (Å²) in [6, 6.07) is 0.468. The summed E-state index contributed by atoms with van der Waals surface area (Å²) >= 11 is 4.38. The molecule has 0 spiro atoms. The molecule has 1 amide bonds. The van der Waals surface area contributed by atoms with Gasteiger partial charge in [0.05, 0.1) is 5.25 Å². The van der Waals surface area contributed by atoms with Gasteiger partial charge >= 0.3 is 0 Å². The van der Waals surface area contributed by atoms with Gasteiger partial charge in [0.25, 0.3) is 0 Å². The lowest BCUT2D eigenvalue weighted by Crippen LogP contribution is -2.41. The van der Waals surface area contributed by atoms with E-state index in [1.54, 1.807) is 0 Å². The lowest BCUT2D eigenvalue weighted by molar-refractivity contribution is -0.132. The first kappa shape index (κ1) is 11.9. The van der Waals surface area contributed by atoms with Gasteiger partial charge in [-0.25, -0.2) is 0 Å². The van der Waals surface area contributed by atoms with E-state index in [0.717, 1.165) is 19.4 Å². The summed E-state index contributed by atoms with van der Waals surface area (Å²) in [6.45, 7) is 7.18. The predicted molar refractivity (Wildman–Crippen MR) is 62.6 cm³/mol. The number of carbonyl (C=O) groups is 1. The Balaban J connectivity index is 2.59. The number of thiol groups is 1. The normalized spacial score (nSPS) is 24.4. The summed E-state index contributed by atoms with van der Waals surface area (Å²) in [5.41, 5.74) is 0. The SMILES string of the molecule is CCC1CCCN1C(=O)C(S)C(C)C. The minimum absolute atomic E-state index is 0.123. The first-order chi connectivity index (χ1) is 6.57. The molecule has 0 N–H and O–H groups in total. The van der Waals surface area contributed by atoms with E-state index in [2.05, 4.69) is 19.6 Å². The molecule has 1 fully saturated rings. The largest absolute Gasteiger partial charge is 0.339 e. The topological polar surface area (TPSA) is 20.3 Å². The van der Waals surface area contributed by atoms with Gasteiger partial charge in [-0.05, 0) is 25.2 Å². The molecule has 0 saturated carbocycles. The van der Waals surface area contributed by atoms with Crippen LogP contribution in [0.25, 0.3) is 0 Å². The third kappa shape index (κ3) is 2.44. The van der Waals surface area contributed by atoms with Crippen molar-refractivity contribution in [1.82, 2.24) is 4.90 Å². The molecule has 0 aromatic carbocycles. The average Bonchev–Trinajstić information content (AvgIpc) is 2.62. The van der Waals surface area contributed by atoms with Crippen molar-refractivity contribution < 1.29 is 4.79 Å². The minimum Gasteiger partial charge on any atom is -0.339 e. The molecule has 0 aromatic heterocycles. The second-order valence-corrected chi connectivity index (χ2v) is 4.98. The van der Waals surface area contributed by atoms with Crippen LogP contribution in [0.5, 0.6) is 0 Å². The maximum atomic E-state index is 12.0. The molecule has 1 aliphatic rings. The fraction of sp³-hybridized carbons (Fsp3) is 0.909. The lowest BCUT2D eigenvalue weighted by Gasteiger charge is -2.27. The molecule has 14 heavy (non-hydrogen) atoms. The van der Waals surface area contributed by atoms with Crippen molar-refractivity contribution in [3.05, 3.63) is 0 Å². The van der Waals surface area contributed by atoms with E-state index in [9.17, 15) is 4.79 Å². The van der Waals surface area contributed by atoms with Gasteiger partial charge in [-0.15, -0.1) is 0 Å². The first-order valence-corrected chi connectivity index (χ1v) is 6.08. The summed E-state index contributed by atoms with van der Waals surface area (Å²) in [4.78, 5) is 14.0. The number of amides is 1. The fourth-order valence-corrected chi connectivity index (χ4v) is 2.15. The Bertz CT molecular complexity index is 205. The fourth-order valence-electron chi connectivity index (χ4n) is 2.01. The summed E-state index contributed by atoms with van der Waals surface area (Å²) in [7, 11) is 0. The van der Waals surface area contributed by atoms with Crippen LogP contribution in [0.15, 0.2) is 0 Å². The molecule has 2 atom stereocenters. The van der Waals surface area contributed by atoms with Crippen LogP contribution < -0.4 is 0 Å². The monoisotopic (exact) mass is 215 g/mol. The summed E-state index contributed by atoms with van der Waals surface area (Å²) < 4.78 is 0. The third-order valence-corrected chi connectivity index (χ3v) is 3.83. The van der Waals surface area contributed by atoms with Crippen molar-refractivity contribution in [2.45, 2.75) is 51.3 Å². The second-order valence-electron chi connectivity index (χ2n) is 4.42. The van der Waals surface area contributed by atoms with Crippen molar-refractivity contribution in [2.24, 2.45) is 5.92 Å². The molecule has 0 radical (unpaired) electrons. The molecule has 1 rings (SSSR count). The van der Waals surface area contributed by atoms with E-state index in [-0.39, 0.29) is 11.2 Å². The standard InChI is InChI=1S/C11H21NOS/c1-4-9-6-5-7-12(9)11(13)10(14)8(2)3/h8-10,14H,4-7H2,1-3H3. The van der Waals surface area contributed by atoms with Crippen molar-refractivity contribution in [1.29, 1.82) is 0 Å². The van der Waals surface area contributed by atoms with E-state index in [4.69, 9.17) is 0 Å². The van der Waals surface area contributed by atoms with Crippen LogP contribution in [0.1, 0.15) is 40.0 Å². The van der Waals surface area contributed by atoms with Gasteiger partial charge < -0.3 is 4.90 Å². The van der Waals surface area contributed by atoms with Crippen molar-refractivity contribution in [3.63, 3.8) is 0 Å². The second kappa shape index (κ2) is 5.06. The number of rotatable bonds is 3. The quantitative estimate of drug-likeness (QED) is 0.717. The molecule has 3 heteroatoms. The Labute approximate surface area is 92.5 Å². The highest BCUT2D eigenvalue weighted by molar-refractivity contribution is 7.81. The predicted octanol–water partition coefficient (Wildman–Crippen LogP) is 2.34. The maximum absolute atomic E-state index is 12.0. The van der Waals surface area contributed by atoms with Crippen LogP contribution in [-0.4, -0.2) is 28.6 Å². The Hall–Kier alpha value is -0.180. The Morgan fingerprint density at radius 2 is 2.21 bits per heavy atom. The molecule has 82 valence electrons. The van der Waals surface area contributed by atoms with Gasteiger partial charge in [0.2, 0.25) is 5.91 Å². The lowest BCUT2D eigenvalue weighted by atomic mass is 10.1. The number of hydrogen-bond acceptors (Lipinski definition) is 2. The van der Waals surface area contributed by atoms with E-state index < -0.39 is 0 Å². The van der Waals surface area contributed by atoms with E-state index in [0.29, 0.717) is 12.0 Å². The number of likely N-dealkylation sites (tertiary alicyclic amines) is 1. The zero-order chi connectivity index (χ0) is 10.7. The Morgan fingerprint density at radius 3 is 2.71 bits per heavy atom. The summed E-state index contributed by atoms with van der Waals surface area (Å²) in [6.07, 6.45) is 3.40. The minimum atomic E-state index is -0.123. The van der Waals surface area contributed by atoms with Crippen LogP contribution in [-0.2, 0) is 4.79 Å². The third-order valence-electron chi connectivity index (χ3n) is 3.02. The first-order valence-electron chi connectivity index (χ1n) is 5.56. The average molecular weight is 215 g/mol. The smallest absolute Gasteiger partial charge is 0.235 e. The zero-order valence-electron chi connectivity index (χ0n) is 9.36. The Kier molecular flexibility index (Phi) is 4.30. The molecule has 0 aromatic rings. The van der Waals surface area contributed by atoms with Gasteiger partial charge in [-0.3, -0.25) is 4.79 Å². The van der Waals surface area contributed by atoms with Crippen molar-refractivity contribution in [3.8, 4) is 0 Å². The molecule has 1 heterocycles. The zero-order valence-corrected chi connectivity index (χ0v) is 10.3. The van der Waals surface area contributed by atoms with Crippen LogP contribution in [0, 0.1) is 5.92 Å². The molecular weight excluding hydrogens is 194 g/mol. The van der Waals surface area contributed by atoms with Crippen LogP contribution >= 0.6 is 12.6 Å². The molecule has 1 aliphatic heterocycles. The highest BCUT2D eigenvalue weighted by Gasteiger charge is 2.31. The van der Waals surface area contributed by atoms with E-state index in [1.165, 1.54) is 6.42 Å². The van der Waals surface area contributed by atoms with Gasteiger partial charge in [0, 0.05) is 12.6 Å². The molecular formula is C11H21NOS. The Morgan fingerprint density at radius 1 is 1.57 bits per heavy atom. The van der Waals surface area contributed by atoms with Gasteiger partial charge in [-0.2, -0.15) is 12.6 Å². The van der Waals surface area contributed by atoms with E-state index in [1.807, 2.05) is 18.7 Å². The van der Waals surface area contributed by atoms with Crippen LogP contribution in [0.4, 0.5) is 0 Å². The van der Waals surface area contributed by atoms with Crippen LogP contribution in [0.3, 0.4) is 0 Å². The van der Waals surface area contributed by atoms with Crippen molar-refractivity contribution >= 4 is 18.5 Å². The molecule has 0 bridgehead atoms. The molecule has 2 unspecified atom stereocenters. The van der Waals surface area contributed by atoms with Gasteiger partial charge in [-0.1, -0.05) is 20.8 Å².